The summed E-state index contributed by atoms with van der Waals surface area (Å²) in [5.41, 5.74) is 2.34. The third-order valence-corrected chi connectivity index (χ3v) is 3.69. The normalized spacial score (nSPS) is 11.0. The zero-order valence-corrected chi connectivity index (χ0v) is 16.0. The number of ketones is 1. The van der Waals surface area contributed by atoms with Gasteiger partial charge in [0.15, 0.2) is 5.78 Å². The summed E-state index contributed by atoms with van der Waals surface area (Å²) in [7, 11) is 1.58. The Kier molecular flexibility index (Phi) is 7.68. The van der Waals surface area contributed by atoms with Crippen molar-refractivity contribution in [2.45, 2.75) is 33.1 Å². The van der Waals surface area contributed by atoms with Crippen LogP contribution in [0.15, 0.2) is 54.6 Å². The van der Waals surface area contributed by atoms with E-state index in [4.69, 9.17) is 4.74 Å². The van der Waals surface area contributed by atoms with E-state index in [1.165, 1.54) is 6.08 Å². The number of benzene rings is 2. The molecule has 0 unspecified atom stereocenters. The van der Waals surface area contributed by atoms with Crippen LogP contribution in [-0.4, -0.2) is 18.0 Å². The number of carbonyl (C=O) groups is 1. The number of rotatable bonds is 4. The molecule has 3 heteroatoms. The van der Waals surface area contributed by atoms with Crippen LogP contribution in [0.1, 0.15) is 49.2 Å². The van der Waals surface area contributed by atoms with Crippen LogP contribution in [-0.2, 0) is 5.41 Å². The number of aliphatic hydroxyl groups is 1. The first-order chi connectivity index (χ1) is 12.2. The van der Waals surface area contributed by atoms with E-state index in [0.717, 1.165) is 5.56 Å². The molecule has 26 heavy (non-hydrogen) atoms. The lowest BCUT2D eigenvalue weighted by Crippen LogP contribution is -2.11. The van der Waals surface area contributed by atoms with Gasteiger partial charge < -0.3 is 9.84 Å². The minimum atomic E-state index is -0.223. The molecule has 2 rings (SSSR count). The molecule has 0 aliphatic carbocycles. The summed E-state index contributed by atoms with van der Waals surface area (Å²) >= 11 is 0. The fourth-order valence-corrected chi connectivity index (χ4v) is 2.19. The van der Waals surface area contributed by atoms with Gasteiger partial charge in [-0.3, -0.25) is 4.79 Å². The third-order valence-electron chi connectivity index (χ3n) is 3.69. The number of methoxy groups -OCH3 is 1. The minimum Gasteiger partial charge on any atom is -0.507 e. The lowest BCUT2D eigenvalue weighted by Gasteiger charge is -2.18. The second-order valence-electron chi connectivity index (χ2n) is 6.74. The van der Waals surface area contributed by atoms with Gasteiger partial charge in [-0.15, -0.1) is 12.3 Å². The van der Waals surface area contributed by atoms with Crippen molar-refractivity contribution >= 4 is 11.5 Å². The van der Waals surface area contributed by atoms with Gasteiger partial charge in [0.1, 0.15) is 11.5 Å². The summed E-state index contributed by atoms with van der Waals surface area (Å²) in [6, 6.07) is 14.4. The van der Waals surface area contributed by atoms with Crippen LogP contribution in [0.5, 0.6) is 5.75 Å². The van der Waals surface area contributed by atoms with Crippen LogP contribution in [0.25, 0.3) is 5.76 Å². The Hall–Kier alpha value is -2.99. The maximum Gasteiger partial charge on any atom is 0.189 e. The largest absolute Gasteiger partial charge is 0.507 e. The molecular weight excluding hydrogens is 324 g/mol. The summed E-state index contributed by atoms with van der Waals surface area (Å²) in [6.07, 6.45) is 5.84. The van der Waals surface area contributed by atoms with Crippen molar-refractivity contribution in [3.63, 3.8) is 0 Å². The maximum atomic E-state index is 12.3. The van der Waals surface area contributed by atoms with Crippen molar-refractivity contribution in [3.05, 3.63) is 71.3 Å². The number of aliphatic hydroxyl groups excluding tert-OH is 1. The fourth-order valence-electron chi connectivity index (χ4n) is 2.19. The summed E-state index contributed by atoms with van der Waals surface area (Å²) in [4.78, 5) is 12.3. The first-order valence-electron chi connectivity index (χ1n) is 8.30. The molecule has 2 aromatic rings. The van der Waals surface area contributed by atoms with Crippen molar-refractivity contribution in [2.75, 3.05) is 7.11 Å². The van der Waals surface area contributed by atoms with E-state index in [-0.39, 0.29) is 17.0 Å². The Labute approximate surface area is 156 Å². The van der Waals surface area contributed by atoms with Crippen molar-refractivity contribution in [1.82, 2.24) is 0 Å². The lowest BCUT2D eigenvalue weighted by atomic mass is 9.86. The SMILES string of the molecule is C#CC.COc1ccc(/C(O)=C/C(=O)c2ccc(C(C)(C)C)cc2)cc1. The quantitative estimate of drug-likeness (QED) is 0.347. The van der Waals surface area contributed by atoms with Gasteiger partial charge in [0.2, 0.25) is 0 Å². The molecule has 0 saturated carbocycles. The molecule has 0 aliphatic rings. The highest BCUT2D eigenvalue weighted by molar-refractivity contribution is 6.07. The van der Waals surface area contributed by atoms with E-state index in [1.54, 1.807) is 50.4 Å². The molecular formula is C23H26O3. The van der Waals surface area contributed by atoms with Crippen LogP contribution in [0.3, 0.4) is 0 Å². The average Bonchev–Trinajstić information content (AvgIpc) is 2.61. The van der Waals surface area contributed by atoms with Gasteiger partial charge in [-0.25, -0.2) is 0 Å². The molecule has 3 nitrogen and oxygen atoms in total. The van der Waals surface area contributed by atoms with Gasteiger partial charge in [0, 0.05) is 17.2 Å². The van der Waals surface area contributed by atoms with Gasteiger partial charge in [0.25, 0.3) is 0 Å². The zero-order valence-electron chi connectivity index (χ0n) is 16.0. The van der Waals surface area contributed by atoms with Crippen LogP contribution >= 0.6 is 0 Å². The average molecular weight is 350 g/mol. The van der Waals surface area contributed by atoms with Crippen LogP contribution in [0.4, 0.5) is 0 Å². The minimum absolute atomic E-state index is 0.0443. The Morgan fingerprint density at radius 3 is 1.92 bits per heavy atom. The van der Waals surface area contributed by atoms with Crippen molar-refractivity contribution in [3.8, 4) is 18.1 Å². The van der Waals surface area contributed by atoms with E-state index >= 15 is 0 Å². The van der Waals surface area contributed by atoms with Crippen LogP contribution < -0.4 is 4.74 Å². The molecule has 0 saturated heterocycles. The van der Waals surface area contributed by atoms with Crippen molar-refractivity contribution in [1.29, 1.82) is 0 Å². The smallest absolute Gasteiger partial charge is 0.189 e. The standard InChI is InChI=1S/C20H22O3.C3H4/c1-20(2,3)16-9-5-14(6-10-16)18(21)13-19(22)15-7-11-17(23-4)12-8-15;1-3-2/h5-13,22H,1-4H3;1H,2H3/b19-13-;. The zero-order chi connectivity index (χ0) is 19.7. The summed E-state index contributed by atoms with van der Waals surface area (Å²) in [5, 5.41) is 10.1. The number of allylic oxidation sites excluding steroid dienone is 1. The summed E-state index contributed by atoms with van der Waals surface area (Å²) < 4.78 is 5.07. The molecule has 0 amide bonds. The van der Waals surface area contributed by atoms with Gasteiger partial charge in [-0.1, -0.05) is 45.0 Å². The van der Waals surface area contributed by atoms with E-state index in [2.05, 4.69) is 33.1 Å². The number of carbonyl (C=O) groups excluding carboxylic acids is 1. The number of terminal acetylenes is 1. The highest BCUT2D eigenvalue weighted by atomic mass is 16.5. The molecule has 0 atom stereocenters. The lowest BCUT2D eigenvalue weighted by molar-refractivity contribution is 0.104. The van der Waals surface area contributed by atoms with E-state index in [9.17, 15) is 9.90 Å². The Balaban J connectivity index is 0.00000105. The van der Waals surface area contributed by atoms with Crippen molar-refractivity contribution < 1.29 is 14.6 Å². The molecule has 0 radical (unpaired) electrons. The van der Waals surface area contributed by atoms with Gasteiger partial charge in [0.05, 0.1) is 7.11 Å². The number of ether oxygens (including phenoxy) is 1. The molecule has 1 N–H and O–H groups in total. The third kappa shape index (κ3) is 6.14. The first-order valence-corrected chi connectivity index (χ1v) is 8.30. The first kappa shape index (κ1) is 21.1. The molecule has 0 fully saturated rings. The van der Waals surface area contributed by atoms with Gasteiger partial charge >= 0.3 is 0 Å². The highest BCUT2D eigenvalue weighted by Gasteiger charge is 2.14. The molecule has 0 bridgehead atoms. The Morgan fingerprint density at radius 1 is 1.04 bits per heavy atom. The molecule has 0 heterocycles. The molecule has 0 aliphatic heterocycles. The molecule has 2 aromatic carbocycles. The van der Waals surface area contributed by atoms with Crippen molar-refractivity contribution in [2.24, 2.45) is 0 Å². The molecule has 0 spiro atoms. The van der Waals surface area contributed by atoms with Crippen LogP contribution in [0, 0.1) is 12.3 Å². The summed E-state index contributed by atoms with van der Waals surface area (Å²) in [5.74, 6) is 2.67. The molecule has 136 valence electrons. The maximum absolute atomic E-state index is 12.3. The van der Waals surface area contributed by atoms with Gasteiger partial charge in [-0.05, 0) is 42.2 Å². The predicted molar refractivity (Wildman–Crippen MR) is 108 cm³/mol. The molecule has 0 aromatic heterocycles. The second kappa shape index (κ2) is 9.48. The van der Waals surface area contributed by atoms with E-state index < -0.39 is 0 Å². The summed E-state index contributed by atoms with van der Waals surface area (Å²) in [6.45, 7) is 8.03. The highest BCUT2D eigenvalue weighted by Crippen LogP contribution is 2.23. The monoisotopic (exact) mass is 350 g/mol. The predicted octanol–water partition coefficient (Wildman–Crippen LogP) is 5.41. The fraction of sp³-hybridized carbons (Fsp3) is 0.261. The Morgan fingerprint density at radius 2 is 1.50 bits per heavy atom. The van der Waals surface area contributed by atoms with Crippen LogP contribution in [0.2, 0.25) is 0 Å². The topological polar surface area (TPSA) is 46.5 Å². The van der Waals surface area contributed by atoms with Gasteiger partial charge in [-0.2, -0.15) is 0 Å². The number of hydrogen-bond donors (Lipinski definition) is 1. The van der Waals surface area contributed by atoms with E-state index in [0.29, 0.717) is 16.9 Å². The second-order valence-corrected chi connectivity index (χ2v) is 6.74. The Bertz CT molecular complexity index is 783. The number of hydrogen-bond acceptors (Lipinski definition) is 3. The van der Waals surface area contributed by atoms with E-state index in [1.807, 2.05) is 12.1 Å².